The minimum Gasteiger partial charge on any atom is -0.495 e. The van der Waals surface area contributed by atoms with E-state index in [1.807, 2.05) is 12.1 Å². The zero-order valence-corrected chi connectivity index (χ0v) is 10.9. The van der Waals surface area contributed by atoms with Gasteiger partial charge in [-0.05, 0) is 30.3 Å². The van der Waals surface area contributed by atoms with Gasteiger partial charge in [0.15, 0.2) is 5.58 Å². The van der Waals surface area contributed by atoms with Crippen molar-refractivity contribution >= 4 is 28.4 Å². The van der Waals surface area contributed by atoms with Gasteiger partial charge in [0.1, 0.15) is 11.3 Å². The molecule has 1 aromatic heterocycles. The topological polar surface area (TPSA) is 61.3 Å². The largest absolute Gasteiger partial charge is 0.495 e. The van der Waals surface area contributed by atoms with Crippen molar-refractivity contribution in [2.24, 2.45) is 0 Å². The van der Waals surface area contributed by atoms with Crippen LogP contribution in [0.2, 0.25) is 5.02 Å². The first-order chi connectivity index (χ1) is 9.17. The summed E-state index contributed by atoms with van der Waals surface area (Å²) in [6.07, 6.45) is 0. The fourth-order valence-electron chi connectivity index (χ4n) is 1.89. The van der Waals surface area contributed by atoms with Crippen LogP contribution in [0.5, 0.6) is 5.75 Å². The summed E-state index contributed by atoms with van der Waals surface area (Å²) >= 11 is 5.91. The van der Waals surface area contributed by atoms with Gasteiger partial charge in [0.2, 0.25) is 5.89 Å². The molecule has 2 N–H and O–H groups in total. The van der Waals surface area contributed by atoms with E-state index in [4.69, 9.17) is 26.5 Å². The van der Waals surface area contributed by atoms with Crippen molar-refractivity contribution in [3.05, 3.63) is 41.4 Å². The maximum absolute atomic E-state index is 5.91. The molecule has 1 heterocycles. The van der Waals surface area contributed by atoms with Crippen LogP contribution < -0.4 is 10.5 Å². The third-order valence-corrected chi connectivity index (χ3v) is 3.06. The van der Waals surface area contributed by atoms with E-state index < -0.39 is 0 Å². The monoisotopic (exact) mass is 274 g/mol. The quantitative estimate of drug-likeness (QED) is 0.723. The Hall–Kier alpha value is -2.20. The highest BCUT2D eigenvalue weighted by molar-refractivity contribution is 6.31. The first kappa shape index (κ1) is 11.9. The Kier molecular flexibility index (Phi) is 2.80. The molecule has 0 aliphatic heterocycles. The maximum Gasteiger partial charge on any atom is 0.227 e. The molecule has 96 valence electrons. The lowest BCUT2D eigenvalue weighted by Gasteiger charge is -2.04. The highest BCUT2D eigenvalue weighted by Crippen LogP contribution is 2.30. The molecule has 0 radical (unpaired) electrons. The molecule has 0 saturated heterocycles. The number of aromatic nitrogens is 1. The number of nitrogen functional groups attached to an aromatic ring is 1. The molecule has 0 fully saturated rings. The average Bonchev–Trinajstić information content (AvgIpc) is 2.81. The molecule has 0 saturated carbocycles. The van der Waals surface area contributed by atoms with Gasteiger partial charge >= 0.3 is 0 Å². The van der Waals surface area contributed by atoms with Gasteiger partial charge in [-0.3, -0.25) is 0 Å². The van der Waals surface area contributed by atoms with Crippen LogP contribution in [0, 0.1) is 0 Å². The molecular weight excluding hydrogens is 264 g/mol. The number of fused-ring (bicyclic) bond motifs is 1. The van der Waals surface area contributed by atoms with Gasteiger partial charge < -0.3 is 14.9 Å². The van der Waals surface area contributed by atoms with E-state index in [0.717, 1.165) is 11.1 Å². The lowest BCUT2D eigenvalue weighted by molar-refractivity contribution is 0.417. The summed E-state index contributed by atoms with van der Waals surface area (Å²) in [7, 11) is 1.58. The second kappa shape index (κ2) is 4.48. The maximum atomic E-state index is 5.91. The van der Waals surface area contributed by atoms with Crippen molar-refractivity contribution in [2.45, 2.75) is 0 Å². The van der Waals surface area contributed by atoms with Crippen molar-refractivity contribution in [2.75, 3.05) is 12.8 Å². The number of benzene rings is 2. The average molecular weight is 275 g/mol. The van der Waals surface area contributed by atoms with Gasteiger partial charge in [-0.25, -0.2) is 4.98 Å². The highest BCUT2D eigenvalue weighted by Gasteiger charge is 2.10. The van der Waals surface area contributed by atoms with E-state index in [1.165, 1.54) is 0 Å². The van der Waals surface area contributed by atoms with Crippen LogP contribution in [-0.4, -0.2) is 12.1 Å². The van der Waals surface area contributed by atoms with Crippen molar-refractivity contribution in [1.82, 2.24) is 4.98 Å². The van der Waals surface area contributed by atoms with Crippen LogP contribution in [0.1, 0.15) is 0 Å². The third kappa shape index (κ3) is 2.11. The zero-order chi connectivity index (χ0) is 13.4. The van der Waals surface area contributed by atoms with Crippen LogP contribution in [0.25, 0.3) is 22.6 Å². The zero-order valence-electron chi connectivity index (χ0n) is 10.2. The van der Waals surface area contributed by atoms with E-state index in [9.17, 15) is 0 Å². The van der Waals surface area contributed by atoms with Gasteiger partial charge in [0.05, 0.1) is 12.8 Å². The molecule has 0 spiro atoms. The van der Waals surface area contributed by atoms with E-state index in [-0.39, 0.29) is 0 Å². The number of nitrogens with two attached hydrogens (primary N) is 1. The molecule has 3 aromatic rings. The summed E-state index contributed by atoms with van der Waals surface area (Å²) in [6, 6.07) is 10.7. The number of nitrogens with zero attached hydrogens (tertiary/aromatic N) is 1. The third-order valence-electron chi connectivity index (χ3n) is 2.83. The number of hydrogen-bond donors (Lipinski definition) is 1. The standard InChI is InChI=1S/C14H11ClN2O2/c1-18-12-5-2-8(6-10(12)16)14-17-11-4-3-9(15)7-13(11)19-14/h2-7H,16H2,1H3. The Labute approximate surface area is 114 Å². The van der Waals surface area contributed by atoms with Crippen LogP contribution in [-0.2, 0) is 0 Å². The number of oxazole rings is 1. The van der Waals surface area contributed by atoms with E-state index in [0.29, 0.717) is 27.9 Å². The van der Waals surface area contributed by atoms with Gasteiger partial charge in [-0.2, -0.15) is 0 Å². The summed E-state index contributed by atoms with van der Waals surface area (Å²) in [5.74, 6) is 1.13. The van der Waals surface area contributed by atoms with E-state index in [2.05, 4.69) is 4.98 Å². The molecule has 0 amide bonds. The molecule has 2 aromatic carbocycles. The SMILES string of the molecule is COc1ccc(-c2nc3ccc(Cl)cc3o2)cc1N. The fourth-order valence-corrected chi connectivity index (χ4v) is 2.05. The van der Waals surface area contributed by atoms with Crippen LogP contribution in [0.4, 0.5) is 5.69 Å². The number of halogens is 1. The fraction of sp³-hybridized carbons (Fsp3) is 0.0714. The Bertz CT molecular complexity index is 752. The van der Waals surface area contributed by atoms with E-state index >= 15 is 0 Å². The molecule has 0 bridgehead atoms. The predicted octanol–water partition coefficient (Wildman–Crippen LogP) is 3.74. The van der Waals surface area contributed by atoms with Crippen molar-refractivity contribution in [1.29, 1.82) is 0 Å². The minimum atomic E-state index is 0.506. The Morgan fingerprint density at radius 3 is 2.79 bits per heavy atom. The Morgan fingerprint density at radius 2 is 2.05 bits per heavy atom. The smallest absolute Gasteiger partial charge is 0.227 e. The number of ether oxygens (including phenoxy) is 1. The van der Waals surface area contributed by atoms with Crippen molar-refractivity contribution < 1.29 is 9.15 Å². The van der Waals surface area contributed by atoms with Crippen molar-refractivity contribution in [3.8, 4) is 17.2 Å². The summed E-state index contributed by atoms with van der Waals surface area (Å²) in [4.78, 5) is 4.40. The molecule has 5 heteroatoms. The summed E-state index contributed by atoms with van der Waals surface area (Å²) in [5.41, 5.74) is 8.62. The molecule has 0 atom stereocenters. The van der Waals surface area contributed by atoms with Gasteiger partial charge in [0, 0.05) is 16.7 Å². The normalized spacial score (nSPS) is 10.8. The Balaban J connectivity index is 2.11. The second-order valence-electron chi connectivity index (χ2n) is 4.09. The molecule has 0 aliphatic rings. The lowest BCUT2D eigenvalue weighted by Crippen LogP contribution is -1.92. The van der Waals surface area contributed by atoms with Crippen LogP contribution in [0.15, 0.2) is 40.8 Å². The molecule has 19 heavy (non-hydrogen) atoms. The summed E-state index contributed by atoms with van der Waals surface area (Å²) in [5, 5.41) is 0.615. The number of rotatable bonds is 2. The number of anilines is 1. The highest BCUT2D eigenvalue weighted by atomic mass is 35.5. The lowest BCUT2D eigenvalue weighted by atomic mass is 10.2. The number of methoxy groups -OCH3 is 1. The van der Waals surface area contributed by atoms with Crippen LogP contribution >= 0.6 is 11.6 Å². The molecule has 0 aliphatic carbocycles. The minimum absolute atomic E-state index is 0.506. The van der Waals surface area contributed by atoms with E-state index in [1.54, 1.807) is 31.4 Å². The van der Waals surface area contributed by atoms with Crippen LogP contribution in [0.3, 0.4) is 0 Å². The van der Waals surface area contributed by atoms with Crippen molar-refractivity contribution in [3.63, 3.8) is 0 Å². The first-order valence-electron chi connectivity index (χ1n) is 5.67. The molecule has 0 unspecified atom stereocenters. The predicted molar refractivity (Wildman–Crippen MR) is 75.4 cm³/mol. The van der Waals surface area contributed by atoms with Gasteiger partial charge in [-0.1, -0.05) is 11.6 Å². The molecule has 3 rings (SSSR count). The van der Waals surface area contributed by atoms with Gasteiger partial charge in [-0.15, -0.1) is 0 Å². The summed E-state index contributed by atoms with van der Waals surface area (Å²) < 4.78 is 10.8. The summed E-state index contributed by atoms with van der Waals surface area (Å²) in [6.45, 7) is 0. The first-order valence-corrected chi connectivity index (χ1v) is 6.05. The molecule has 4 nitrogen and oxygen atoms in total. The number of hydrogen-bond acceptors (Lipinski definition) is 4. The van der Waals surface area contributed by atoms with Gasteiger partial charge in [0.25, 0.3) is 0 Å². The second-order valence-corrected chi connectivity index (χ2v) is 4.52. The Morgan fingerprint density at radius 1 is 1.21 bits per heavy atom. The molecular formula is C14H11ClN2O2.